The van der Waals surface area contributed by atoms with Crippen LogP contribution in [-0.4, -0.2) is 33.7 Å². The quantitative estimate of drug-likeness (QED) is 0.392. The van der Waals surface area contributed by atoms with Crippen LogP contribution in [0.2, 0.25) is 0 Å². The molecule has 6 heteroatoms. The van der Waals surface area contributed by atoms with Crippen molar-refractivity contribution in [3.05, 3.63) is 59.7 Å². The average Bonchev–Trinajstić information content (AvgIpc) is 3.33. The van der Waals surface area contributed by atoms with Gasteiger partial charge in [-0.25, -0.2) is 0 Å². The number of fused-ring (bicyclic) bond motifs is 1. The van der Waals surface area contributed by atoms with E-state index in [9.17, 15) is 4.79 Å². The van der Waals surface area contributed by atoms with E-state index in [4.69, 9.17) is 14.2 Å². The number of carbonyl (C=O) groups is 1. The number of nitrogens with zero attached hydrogens (tertiary/aromatic N) is 3. The number of pyridine rings is 1. The molecule has 0 amide bonds. The highest BCUT2D eigenvalue weighted by Crippen LogP contribution is 2.35. The van der Waals surface area contributed by atoms with Gasteiger partial charge in [-0.2, -0.15) is 0 Å². The van der Waals surface area contributed by atoms with Crippen LogP contribution in [0.4, 0.5) is 0 Å². The molecule has 0 N–H and O–H groups in total. The monoisotopic (exact) mass is 443 g/mol. The number of benzene rings is 1. The van der Waals surface area contributed by atoms with Gasteiger partial charge in [-0.05, 0) is 56.7 Å². The number of aromatic nitrogens is 3. The highest BCUT2D eigenvalue weighted by Gasteiger charge is 2.20. The van der Waals surface area contributed by atoms with Crippen molar-refractivity contribution in [3.63, 3.8) is 0 Å². The molecule has 33 heavy (non-hydrogen) atoms. The van der Waals surface area contributed by atoms with Gasteiger partial charge in [-0.1, -0.05) is 29.4 Å². The van der Waals surface area contributed by atoms with Crippen molar-refractivity contribution in [2.45, 2.75) is 46.6 Å². The molecule has 4 aromatic rings. The largest absolute Gasteiger partial charge is 0.381 e. The average molecular weight is 444 g/mol. The van der Waals surface area contributed by atoms with Gasteiger partial charge in [0.15, 0.2) is 0 Å². The maximum absolute atomic E-state index is 11.5. The molecule has 0 bridgehead atoms. The Morgan fingerprint density at radius 1 is 1.12 bits per heavy atom. The Morgan fingerprint density at radius 2 is 1.88 bits per heavy atom. The third kappa shape index (κ3) is 4.35. The molecule has 0 aliphatic carbocycles. The third-order valence-electron chi connectivity index (χ3n) is 6.55. The maximum atomic E-state index is 11.5. The van der Waals surface area contributed by atoms with Gasteiger partial charge in [0, 0.05) is 55.3 Å². The normalized spacial score (nSPS) is 14.8. The molecule has 0 unspecified atom stereocenters. The van der Waals surface area contributed by atoms with Crippen LogP contribution in [-0.2, 0) is 22.5 Å². The summed E-state index contributed by atoms with van der Waals surface area (Å²) >= 11 is 0. The van der Waals surface area contributed by atoms with Crippen LogP contribution < -0.4 is 0 Å². The second-order valence-corrected chi connectivity index (χ2v) is 9.12. The molecule has 170 valence electrons. The number of hydrogen-bond donors (Lipinski definition) is 0. The Bertz CT molecular complexity index is 1270. The zero-order chi connectivity index (χ0) is 22.9. The first-order valence-corrected chi connectivity index (χ1v) is 11.6. The molecule has 1 aromatic carbocycles. The number of Topliss-reactive ketones (excluding diaryl/α,β-unsaturated/α-hetero) is 1. The molecule has 0 spiro atoms. The summed E-state index contributed by atoms with van der Waals surface area (Å²) in [5.74, 6) is 1.56. The van der Waals surface area contributed by atoms with E-state index in [1.165, 1.54) is 0 Å². The Kier molecular flexibility index (Phi) is 5.85. The number of carbonyl (C=O) groups excluding carboxylic acids is 1. The summed E-state index contributed by atoms with van der Waals surface area (Å²) in [4.78, 5) is 16.4. The lowest BCUT2D eigenvalue weighted by atomic mass is 10.0. The summed E-state index contributed by atoms with van der Waals surface area (Å²) in [7, 11) is 0. The molecule has 1 aliphatic heterocycles. The first-order valence-electron chi connectivity index (χ1n) is 11.6. The highest BCUT2D eigenvalue weighted by molar-refractivity contribution is 5.95. The van der Waals surface area contributed by atoms with Gasteiger partial charge in [0.1, 0.15) is 11.5 Å². The lowest BCUT2D eigenvalue weighted by Crippen LogP contribution is -2.20. The Labute approximate surface area is 193 Å². The molecule has 0 atom stereocenters. The Hall–Kier alpha value is -3.25. The number of rotatable bonds is 6. The Morgan fingerprint density at radius 3 is 2.55 bits per heavy atom. The molecule has 0 radical (unpaired) electrons. The van der Waals surface area contributed by atoms with E-state index >= 15 is 0 Å². The number of ether oxygens (including phenoxy) is 1. The van der Waals surface area contributed by atoms with Crippen LogP contribution in [0.15, 0.2) is 47.2 Å². The van der Waals surface area contributed by atoms with Gasteiger partial charge < -0.3 is 13.8 Å². The smallest absolute Gasteiger partial charge is 0.141 e. The SMILES string of the molecule is CC(=O)Cc1ccc(-c2cn(CC3CCOCC3)c3cc(-c4c(C)noc4C)cnc23)cc1. The van der Waals surface area contributed by atoms with Crippen molar-refractivity contribution < 1.29 is 14.1 Å². The molecule has 1 saturated heterocycles. The minimum absolute atomic E-state index is 0.171. The second kappa shape index (κ2) is 8.94. The minimum atomic E-state index is 0.171. The summed E-state index contributed by atoms with van der Waals surface area (Å²) in [6, 6.07) is 10.5. The molecular weight excluding hydrogens is 414 g/mol. The van der Waals surface area contributed by atoms with Crippen molar-refractivity contribution in [2.24, 2.45) is 5.92 Å². The lowest BCUT2D eigenvalue weighted by Gasteiger charge is -2.22. The van der Waals surface area contributed by atoms with E-state index in [0.29, 0.717) is 12.3 Å². The molecule has 5 rings (SSSR count). The topological polar surface area (TPSA) is 70.2 Å². The van der Waals surface area contributed by atoms with Gasteiger partial charge in [-0.3, -0.25) is 9.78 Å². The summed E-state index contributed by atoms with van der Waals surface area (Å²) in [6.07, 6.45) is 6.76. The fourth-order valence-corrected chi connectivity index (χ4v) is 4.86. The summed E-state index contributed by atoms with van der Waals surface area (Å²) in [6.45, 7) is 8.13. The molecule has 1 aliphatic rings. The lowest BCUT2D eigenvalue weighted by molar-refractivity contribution is -0.116. The maximum Gasteiger partial charge on any atom is 0.141 e. The molecule has 1 fully saturated rings. The van der Waals surface area contributed by atoms with Crippen molar-refractivity contribution in [1.82, 2.24) is 14.7 Å². The van der Waals surface area contributed by atoms with Crippen LogP contribution in [0.1, 0.15) is 36.8 Å². The molecule has 6 nitrogen and oxygen atoms in total. The molecule has 0 saturated carbocycles. The zero-order valence-corrected chi connectivity index (χ0v) is 19.4. The van der Waals surface area contributed by atoms with Gasteiger partial charge in [0.2, 0.25) is 0 Å². The van der Waals surface area contributed by atoms with Crippen LogP contribution in [0.5, 0.6) is 0 Å². The predicted molar refractivity (Wildman–Crippen MR) is 128 cm³/mol. The fraction of sp³-hybridized carbons (Fsp3) is 0.370. The third-order valence-corrected chi connectivity index (χ3v) is 6.55. The predicted octanol–water partition coefficient (Wildman–Crippen LogP) is 5.53. The first kappa shape index (κ1) is 21.6. The minimum Gasteiger partial charge on any atom is -0.381 e. The number of hydrogen-bond acceptors (Lipinski definition) is 5. The van der Waals surface area contributed by atoms with Gasteiger partial charge in [0.05, 0.1) is 16.7 Å². The van der Waals surface area contributed by atoms with Gasteiger partial charge >= 0.3 is 0 Å². The van der Waals surface area contributed by atoms with E-state index in [1.807, 2.05) is 32.2 Å². The van der Waals surface area contributed by atoms with E-state index in [2.05, 4.69) is 34.1 Å². The molecule has 3 aromatic heterocycles. The molecular formula is C27H29N3O3. The van der Waals surface area contributed by atoms with Crippen molar-refractivity contribution >= 4 is 16.8 Å². The number of ketones is 1. The van der Waals surface area contributed by atoms with Crippen molar-refractivity contribution in [2.75, 3.05) is 13.2 Å². The van der Waals surface area contributed by atoms with E-state index < -0.39 is 0 Å². The highest BCUT2D eigenvalue weighted by atomic mass is 16.5. The Balaban J connectivity index is 1.59. The van der Waals surface area contributed by atoms with E-state index in [0.717, 1.165) is 82.9 Å². The van der Waals surface area contributed by atoms with Crippen molar-refractivity contribution in [1.29, 1.82) is 0 Å². The van der Waals surface area contributed by atoms with Crippen LogP contribution in [0.3, 0.4) is 0 Å². The fourth-order valence-electron chi connectivity index (χ4n) is 4.86. The summed E-state index contributed by atoms with van der Waals surface area (Å²) in [5.41, 5.74) is 8.25. The summed E-state index contributed by atoms with van der Waals surface area (Å²) in [5, 5.41) is 4.12. The van der Waals surface area contributed by atoms with E-state index in [1.54, 1.807) is 6.92 Å². The summed E-state index contributed by atoms with van der Waals surface area (Å²) < 4.78 is 13.3. The van der Waals surface area contributed by atoms with Gasteiger partial charge in [0.25, 0.3) is 0 Å². The first-order chi connectivity index (χ1) is 16.0. The van der Waals surface area contributed by atoms with Crippen LogP contribution in [0.25, 0.3) is 33.3 Å². The molecule has 4 heterocycles. The zero-order valence-electron chi connectivity index (χ0n) is 19.4. The second-order valence-electron chi connectivity index (χ2n) is 9.12. The van der Waals surface area contributed by atoms with Gasteiger partial charge in [-0.15, -0.1) is 0 Å². The standard InChI is InChI=1S/C27H29N3O3/c1-17(31)12-20-4-6-22(7-5-20)24-16-30(15-21-8-10-32-11-9-21)25-13-23(14-28-27(24)25)26-18(2)29-33-19(26)3/h4-7,13-14,16,21H,8-12,15H2,1-3H3. The van der Waals surface area contributed by atoms with Crippen LogP contribution in [0, 0.1) is 19.8 Å². The van der Waals surface area contributed by atoms with E-state index in [-0.39, 0.29) is 5.78 Å². The van der Waals surface area contributed by atoms with Crippen LogP contribution >= 0.6 is 0 Å². The number of aryl methyl sites for hydroxylation is 2. The van der Waals surface area contributed by atoms with Crippen molar-refractivity contribution in [3.8, 4) is 22.3 Å².